The van der Waals surface area contributed by atoms with E-state index >= 15 is 0 Å². The minimum Gasteiger partial charge on any atom is -0.497 e. The zero-order valence-electron chi connectivity index (χ0n) is 15.5. The average molecular weight is 401 g/mol. The summed E-state index contributed by atoms with van der Waals surface area (Å²) in [6.07, 6.45) is 0. The van der Waals surface area contributed by atoms with Crippen molar-refractivity contribution >= 4 is 46.4 Å². The van der Waals surface area contributed by atoms with Crippen LogP contribution in [0.5, 0.6) is 11.5 Å². The molecule has 5 nitrogen and oxygen atoms in total. The van der Waals surface area contributed by atoms with E-state index in [0.29, 0.717) is 26.7 Å². The topological polar surface area (TPSA) is 43.7 Å². The maximum Gasteiger partial charge on any atom is 0.200 e. The lowest BCUT2D eigenvalue weighted by Gasteiger charge is -2.22. The van der Waals surface area contributed by atoms with Gasteiger partial charge in [-0.3, -0.25) is 4.79 Å². The highest BCUT2D eigenvalue weighted by Crippen LogP contribution is 2.25. The van der Waals surface area contributed by atoms with Gasteiger partial charge in [-0.1, -0.05) is 12.2 Å². The number of hydrogen-bond acceptors (Lipinski definition) is 5. The van der Waals surface area contributed by atoms with Crippen molar-refractivity contribution < 1.29 is 9.47 Å². The van der Waals surface area contributed by atoms with E-state index in [-0.39, 0.29) is 5.43 Å². The Bertz CT molecular complexity index is 1080. The summed E-state index contributed by atoms with van der Waals surface area (Å²) < 4.78 is 12.3. The van der Waals surface area contributed by atoms with Gasteiger partial charge in [0.25, 0.3) is 0 Å². The fourth-order valence-electron chi connectivity index (χ4n) is 2.92. The summed E-state index contributed by atoms with van der Waals surface area (Å²) in [6.45, 7) is 0. The molecule has 0 saturated carbocycles. The second-order valence-corrected chi connectivity index (χ2v) is 6.84. The number of fused-ring (bicyclic) bond motifs is 1. The van der Waals surface area contributed by atoms with Crippen molar-refractivity contribution in [2.75, 3.05) is 26.2 Å². The SMILES string of the molecule is COc1ccc(N(C)C(=S)c2c(S)n(C)c3ccc(OC)cc3c2=O)cc1. The number of anilines is 1. The van der Waals surface area contributed by atoms with Crippen molar-refractivity contribution in [1.82, 2.24) is 4.57 Å². The normalized spacial score (nSPS) is 10.7. The summed E-state index contributed by atoms with van der Waals surface area (Å²) >= 11 is 10.2. The number of hydrogen-bond donors (Lipinski definition) is 1. The molecule has 3 rings (SSSR count). The lowest BCUT2D eigenvalue weighted by Crippen LogP contribution is -2.31. The molecule has 2 aromatic carbocycles. The Morgan fingerprint density at radius 3 is 2.26 bits per heavy atom. The van der Waals surface area contributed by atoms with Gasteiger partial charge < -0.3 is 18.9 Å². The minimum absolute atomic E-state index is 0.169. The third-order valence-corrected chi connectivity index (χ3v) is 5.56. The maximum atomic E-state index is 13.2. The van der Waals surface area contributed by atoms with Crippen LogP contribution >= 0.6 is 24.8 Å². The summed E-state index contributed by atoms with van der Waals surface area (Å²) in [5.41, 5.74) is 1.83. The van der Waals surface area contributed by atoms with Crippen molar-refractivity contribution in [2.45, 2.75) is 5.03 Å². The summed E-state index contributed by atoms with van der Waals surface area (Å²) in [4.78, 5) is 15.4. The Morgan fingerprint density at radius 1 is 1.07 bits per heavy atom. The fraction of sp³-hybridized carbons (Fsp3) is 0.200. The number of rotatable bonds is 4. The second-order valence-electron chi connectivity index (χ2n) is 6.03. The second kappa shape index (κ2) is 7.62. The molecule has 0 aliphatic carbocycles. The molecule has 7 heteroatoms. The van der Waals surface area contributed by atoms with Gasteiger partial charge in [0.1, 0.15) is 16.5 Å². The van der Waals surface area contributed by atoms with Crippen LogP contribution in [0.25, 0.3) is 10.9 Å². The van der Waals surface area contributed by atoms with Crippen molar-refractivity contribution in [2.24, 2.45) is 7.05 Å². The zero-order valence-corrected chi connectivity index (χ0v) is 17.2. The van der Waals surface area contributed by atoms with E-state index in [2.05, 4.69) is 12.6 Å². The number of aromatic nitrogens is 1. The largest absolute Gasteiger partial charge is 0.497 e. The first-order chi connectivity index (χ1) is 12.9. The van der Waals surface area contributed by atoms with Gasteiger partial charge in [-0.05, 0) is 42.5 Å². The molecule has 0 radical (unpaired) electrons. The molecule has 0 N–H and O–H groups in total. The number of thiol groups is 1. The predicted octanol–water partition coefficient (Wildman–Crippen LogP) is 3.66. The Hall–Kier alpha value is -2.51. The van der Waals surface area contributed by atoms with E-state index in [1.54, 1.807) is 25.2 Å². The van der Waals surface area contributed by atoms with Gasteiger partial charge in [0.15, 0.2) is 0 Å². The van der Waals surface area contributed by atoms with E-state index < -0.39 is 0 Å². The van der Waals surface area contributed by atoms with Crippen LogP contribution in [0, 0.1) is 0 Å². The van der Waals surface area contributed by atoms with Crippen LogP contribution in [0.3, 0.4) is 0 Å². The van der Waals surface area contributed by atoms with E-state index in [4.69, 9.17) is 21.7 Å². The fourth-order valence-corrected chi connectivity index (χ4v) is 3.60. The van der Waals surface area contributed by atoms with Crippen LogP contribution < -0.4 is 19.8 Å². The molecule has 0 aliphatic heterocycles. The molecule has 0 aliphatic rings. The number of pyridine rings is 1. The van der Waals surface area contributed by atoms with Crippen molar-refractivity contribution in [3.05, 3.63) is 58.3 Å². The number of thiocarbonyl (C=S) groups is 1. The van der Waals surface area contributed by atoms with Crippen molar-refractivity contribution in [3.63, 3.8) is 0 Å². The van der Waals surface area contributed by atoms with E-state index in [0.717, 1.165) is 17.0 Å². The summed E-state index contributed by atoms with van der Waals surface area (Å²) in [5, 5.41) is 1.05. The molecule has 140 valence electrons. The lowest BCUT2D eigenvalue weighted by atomic mass is 10.1. The molecule has 1 heterocycles. The standard InChI is InChI=1S/C20H20N2O3S2/c1-21(12-5-7-13(24-3)8-6-12)19(26)17-18(23)15-11-14(25-4)9-10-16(15)22(2)20(17)27/h5-11,27H,1-4H3. The van der Waals surface area contributed by atoms with E-state index in [9.17, 15) is 4.79 Å². The zero-order chi connectivity index (χ0) is 19.7. The van der Waals surface area contributed by atoms with Crippen LogP contribution in [0.4, 0.5) is 5.69 Å². The number of methoxy groups -OCH3 is 2. The molecule has 3 aromatic rings. The molecule has 0 unspecified atom stereocenters. The summed E-state index contributed by atoms with van der Waals surface area (Å²) in [6, 6.07) is 12.9. The van der Waals surface area contributed by atoms with Crippen LogP contribution in [0.2, 0.25) is 0 Å². The van der Waals surface area contributed by atoms with Gasteiger partial charge in [0.05, 0.1) is 35.7 Å². The Morgan fingerprint density at radius 2 is 1.67 bits per heavy atom. The highest BCUT2D eigenvalue weighted by atomic mass is 32.1. The average Bonchev–Trinajstić information content (AvgIpc) is 2.71. The molecule has 0 amide bonds. The Kier molecular flexibility index (Phi) is 5.43. The smallest absolute Gasteiger partial charge is 0.200 e. The Balaban J connectivity index is 2.14. The third kappa shape index (κ3) is 3.40. The molecular formula is C20H20N2O3S2. The highest BCUT2D eigenvalue weighted by molar-refractivity contribution is 7.82. The van der Waals surface area contributed by atoms with Gasteiger partial charge in [-0.2, -0.15) is 0 Å². The van der Waals surface area contributed by atoms with Crippen molar-refractivity contribution in [1.29, 1.82) is 0 Å². The third-order valence-electron chi connectivity index (χ3n) is 4.56. The first kappa shape index (κ1) is 19.3. The lowest BCUT2D eigenvalue weighted by molar-refractivity contribution is 0.415. The summed E-state index contributed by atoms with van der Waals surface area (Å²) in [7, 11) is 6.87. The molecule has 27 heavy (non-hydrogen) atoms. The number of benzene rings is 2. The van der Waals surface area contributed by atoms with Crippen LogP contribution in [-0.2, 0) is 7.05 Å². The first-order valence-electron chi connectivity index (χ1n) is 8.20. The molecule has 0 saturated heterocycles. The van der Waals surface area contributed by atoms with Crippen molar-refractivity contribution in [3.8, 4) is 11.5 Å². The monoisotopic (exact) mass is 400 g/mol. The van der Waals surface area contributed by atoms with Gasteiger partial charge in [0, 0.05) is 19.8 Å². The number of aryl methyl sites for hydroxylation is 1. The quantitative estimate of drug-likeness (QED) is 0.535. The first-order valence-corrected chi connectivity index (χ1v) is 9.06. The van der Waals surface area contributed by atoms with E-state index in [1.807, 2.05) is 55.1 Å². The molecule has 0 spiro atoms. The van der Waals surface area contributed by atoms with Gasteiger partial charge >= 0.3 is 0 Å². The molecule has 0 fully saturated rings. The minimum atomic E-state index is -0.169. The van der Waals surface area contributed by atoms with Gasteiger partial charge in [-0.15, -0.1) is 12.6 Å². The molecule has 0 atom stereocenters. The number of ether oxygens (including phenoxy) is 2. The predicted molar refractivity (Wildman–Crippen MR) is 116 cm³/mol. The van der Waals surface area contributed by atoms with Crippen LogP contribution in [0.15, 0.2) is 52.3 Å². The molecule has 1 aromatic heterocycles. The molecular weight excluding hydrogens is 380 g/mol. The van der Waals surface area contributed by atoms with Crippen LogP contribution in [-0.4, -0.2) is 30.8 Å². The summed E-state index contributed by atoms with van der Waals surface area (Å²) in [5.74, 6) is 1.37. The molecule has 0 bridgehead atoms. The number of nitrogens with zero attached hydrogens (tertiary/aromatic N) is 2. The van der Waals surface area contributed by atoms with Crippen LogP contribution in [0.1, 0.15) is 5.56 Å². The highest BCUT2D eigenvalue weighted by Gasteiger charge is 2.20. The Labute approximate surface area is 168 Å². The van der Waals surface area contributed by atoms with Gasteiger partial charge in [0.2, 0.25) is 5.43 Å². The maximum absolute atomic E-state index is 13.2. The van der Waals surface area contributed by atoms with Gasteiger partial charge in [-0.25, -0.2) is 0 Å². The van der Waals surface area contributed by atoms with E-state index in [1.165, 1.54) is 0 Å².